The van der Waals surface area contributed by atoms with Gasteiger partial charge in [0.05, 0.1) is 5.41 Å². The van der Waals surface area contributed by atoms with Crippen molar-refractivity contribution >= 4 is 17.3 Å². The normalized spacial score (nSPS) is 11.1. The lowest BCUT2D eigenvalue weighted by atomic mass is 9.92. The highest BCUT2D eigenvalue weighted by molar-refractivity contribution is 5.82. The Balaban J connectivity index is 2.67. The third-order valence-corrected chi connectivity index (χ3v) is 2.85. The van der Waals surface area contributed by atoms with Crippen LogP contribution in [-0.4, -0.2) is 19.5 Å². The van der Waals surface area contributed by atoms with Gasteiger partial charge >= 0.3 is 0 Å². The molecule has 1 rings (SSSR count). The number of aryl methyl sites for hydroxylation is 1. The number of rotatable bonds is 4. The molecule has 0 saturated carbocycles. The summed E-state index contributed by atoms with van der Waals surface area (Å²) in [5.41, 5.74) is 8.10. The Morgan fingerprint density at radius 2 is 2.06 bits per heavy atom. The molecule has 94 valence electrons. The van der Waals surface area contributed by atoms with Gasteiger partial charge < -0.3 is 16.4 Å². The lowest BCUT2D eigenvalue weighted by Crippen LogP contribution is -2.39. The second-order valence-corrected chi connectivity index (χ2v) is 4.89. The van der Waals surface area contributed by atoms with Crippen LogP contribution in [0.1, 0.15) is 19.4 Å². The summed E-state index contributed by atoms with van der Waals surface area (Å²) < 4.78 is 0. The van der Waals surface area contributed by atoms with Crippen LogP contribution in [0, 0.1) is 12.3 Å². The van der Waals surface area contributed by atoms with Gasteiger partial charge in [0, 0.05) is 25.0 Å². The average molecular weight is 235 g/mol. The van der Waals surface area contributed by atoms with Crippen molar-refractivity contribution in [2.45, 2.75) is 20.8 Å². The monoisotopic (exact) mass is 235 g/mol. The maximum Gasteiger partial charge on any atom is 0.227 e. The number of hydrogen-bond acceptors (Lipinski definition) is 3. The molecule has 0 radical (unpaired) electrons. The standard InChI is InChI=1S/C13H21N3O/c1-9-7-10(5-6-11(9)14)16-8-13(2,3)12(17)15-4/h5-7,16H,8,14H2,1-4H3,(H,15,17). The lowest BCUT2D eigenvalue weighted by molar-refractivity contribution is -0.128. The van der Waals surface area contributed by atoms with Crippen molar-refractivity contribution in [3.8, 4) is 0 Å². The number of amides is 1. The molecule has 4 nitrogen and oxygen atoms in total. The summed E-state index contributed by atoms with van der Waals surface area (Å²) in [4.78, 5) is 11.6. The van der Waals surface area contributed by atoms with Crippen LogP contribution < -0.4 is 16.4 Å². The van der Waals surface area contributed by atoms with Gasteiger partial charge in [-0.15, -0.1) is 0 Å². The summed E-state index contributed by atoms with van der Waals surface area (Å²) in [6, 6.07) is 5.77. The molecule has 0 aliphatic heterocycles. The number of carbonyl (C=O) groups is 1. The van der Waals surface area contributed by atoms with Gasteiger partial charge in [-0.1, -0.05) is 0 Å². The molecule has 0 atom stereocenters. The minimum absolute atomic E-state index is 0.0252. The highest BCUT2D eigenvalue weighted by Gasteiger charge is 2.26. The molecular weight excluding hydrogens is 214 g/mol. The molecule has 0 aromatic heterocycles. The molecule has 4 N–H and O–H groups in total. The number of anilines is 2. The number of carbonyl (C=O) groups excluding carboxylic acids is 1. The van der Waals surface area contributed by atoms with E-state index in [0.717, 1.165) is 16.9 Å². The second kappa shape index (κ2) is 5.08. The predicted octanol–water partition coefficient (Wildman–Crippen LogP) is 1.76. The molecule has 1 amide bonds. The van der Waals surface area contributed by atoms with Crippen LogP contribution in [0.2, 0.25) is 0 Å². The summed E-state index contributed by atoms with van der Waals surface area (Å²) in [7, 11) is 1.65. The van der Waals surface area contributed by atoms with Gasteiger partial charge in [0.2, 0.25) is 5.91 Å². The van der Waals surface area contributed by atoms with Crippen LogP contribution in [0.4, 0.5) is 11.4 Å². The summed E-state index contributed by atoms with van der Waals surface area (Å²) in [5, 5.41) is 5.91. The summed E-state index contributed by atoms with van der Waals surface area (Å²) in [5.74, 6) is 0.0252. The van der Waals surface area contributed by atoms with Crippen LogP contribution in [0.25, 0.3) is 0 Å². The van der Waals surface area contributed by atoms with E-state index in [2.05, 4.69) is 10.6 Å². The Hall–Kier alpha value is -1.71. The molecular formula is C13H21N3O. The van der Waals surface area contributed by atoms with Crippen molar-refractivity contribution in [3.05, 3.63) is 23.8 Å². The Labute approximate surface area is 103 Å². The first-order valence-electron chi connectivity index (χ1n) is 5.69. The van der Waals surface area contributed by atoms with Crippen molar-refractivity contribution in [3.63, 3.8) is 0 Å². The SMILES string of the molecule is CNC(=O)C(C)(C)CNc1ccc(N)c(C)c1. The Morgan fingerprint density at radius 3 is 2.59 bits per heavy atom. The Bertz CT molecular complexity index is 413. The van der Waals surface area contributed by atoms with Crippen molar-refractivity contribution in [1.82, 2.24) is 5.32 Å². The van der Waals surface area contributed by atoms with Gasteiger partial charge in [-0.25, -0.2) is 0 Å². The van der Waals surface area contributed by atoms with E-state index >= 15 is 0 Å². The van der Waals surface area contributed by atoms with Crippen LogP contribution in [-0.2, 0) is 4.79 Å². The fraction of sp³-hybridized carbons (Fsp3) is 0.462. The fourth-order valence-corrected chi connectivity index (χ4v) is 1.53. The van der Waals surface area contributed by atoms with E-state index in [4.69, 9.17) is 5.73 Å². The smallest absolute Gasteiger partial charge is 0.227 e. The molecule has 0 heterocycles. The van der Waals surface area contributed by atoms with E-state index in [-0.39, 0.29) is 5.91 Å². The second-order valence-electron chi connectivity index (χ2n) is 4.89. The highest BCUT2D eigenvalue weighted by atomic mass is 16.2. The van der Waals surface area contributed by atoms with Gasteiger partial charge in [0.15, 0.2) is 0 Å². The lowest BCUT2D eigenvalue weighted by Gasteiger charge is -2.23. The topological polar surface area (TPSA) is 67.2 Å². The number of benzene rings is 1. The molecule has 0 fully saturated rings. The Morgan fingerprint density at radius 1 is 1.41 bits per heavy atom. The minimum atomic E-state index is -0.440. The maximum absolute atomic E-state index is 11.6. The van der Waals surface area contributed by atoms with Crippen LogP contribution in [0.5, 0.6) is 0 Å². The molecule has 0 unspecified atom stereocenters. The van der Waals surface area contributed by atoms with E-state index in [1.807, 2.05) is 39.0 Å². The Kier molecular flexibility index (Phi) is 3.99. The molecule has 17 heavy (non-hydrogen) atoms. The number of hydrogen-bond donors (Lipinski definition) is 3. The third-order valence-electron chi connectivity index (χ3n) is 2.85. The largest absolute Gasteiger partial charge is 0.399 e. The number of nitrogen functional groups attached to an aromatic ring is 1. The molecule has 0 spiro atoms. The quantitative estimate of drug-likeness (QED) is 0.697. The molecule has 0 bridgehead atoms. The van der Waals surface area contributed by atoms with Crippen molar-refractivity contribution < 1.29 is 4.79 Å². The van der Waals surface area contributed by atoms with Crippen molar-refractivity contribution in [2.75, 3.05) is 24.6 Å². The van der Waals surface area contributed by atoms with E-state index in [1.165, 1.54) is 0 Å². The minimum Gasteiger partial charge on any atom is -0.399 e. The first-order valence-corrected chi connectivity index (χ1v) is 5.69. The predicted molar refractivity (Wildman–Crippen MR) is 71.9 cm³/mol. The summed E-state index contributed by atoms with van der Waals surface area (Å²) >= 11 is 0. The van der Waals surface area contributed by atoms with Gasteiger partial charge in [-0.3, -0.25) is 4.79 Å². The van der Waals surface area contributed by atoms with Crippen LogP contribution in [0.15, 0.2) is 18.2 Å². The zero-order valence-electron chi connectivity index (χ0n) is 10.9. The summed E-state index contributed by atoms with van der Waals surface area (Å²) in [6.45, 7) is 6.35. The van der Waals surface area contributed by atoms with Crippen LogP contribution >= 0.6 is 0 Å². The van der Waals surface area contributed by atoms with Gasteiger partial charge in [-0.2, -0.15) is 0 Å². The van der Waals surface area contributed by atoms with E-state index < -0.39 is 5.41 Å². The van der Waals surface area contributed by atoms with E-state index in [9.17, 15) is 4.79 Å². The molecule has 1 aromatic carbocycles. The summed E-state index contributed by atoms with van der Waals surface area (Å²) in [6.07, 6.45) is 0. The van der Waals surface area contributed by atoms with Gasteiger partial charge in [0.25, 0.3) is 0 Å². The molecule has 4 heteroatoms. The average Bonchev–Trinajstić information content (AvgIpc) is 2.29. The molecule has 0 saturated heterocycles. The van der Waals surface area contributed by atoms with E-state index in [0.29, 0.717) is 6.54 Å². The van der Waals surface area contributed by atoms with E-state index in [1.54, 1.807) is 7.05 Å². The van der Waals surface area contributed by atoms with Crippen LogP contribution in [0.3, 0.4) is 0 Å². The third kappa shape index (κ3) is 3.37. The first-order chi connectivity index (χ1) is 7.86. The number of nitrogens with two attached hydrogens (primary N) is 1. The number of nitrogens with one attached hydrogen (secondary N) is 2. The van der Waals surface area contributed by atoms with Gasteiger partial charge in [-0.05, 0) is 44.5 Å². The highest BCUT2D eigenvalue weighted by Crippen LogP contribution is 2.20. The zero-order valence-corrected chi connectivity index (χ0v) is 10.9. The maximum atomic E-state index is 11.6. The molecule has 0 aliphatic rings. The van der Waals surface area contributed by atoms with Gasteiger partial charge in [0.1, 0.15) is 0 Å². The first kappa shape index (κ1) is 13.4. The molecule has 0 aliphatic carbocycles. The molecule has 1 aromatic rings. The van der Waals surface area contributed by atoms with Crippen molar-refractivity contribution in [1.29, 1.82) is 0 Å². The zero-order chi connectivity index (χ0) is 13.1. The van der Waals surface area contributed by atoms with Crippen molar-refractivity contribution in [2.24, 2.45) is 5.41 Å². The fourth-order valence-electron chi connectivity index (χ4n) is 1.53.